The molecule has 0 saturated carbocycles. The molecule has 0 heterocycles. The summed E-state index contributed by atoms with van der Waals surface area (Å²) < 4.78 is 31.9. The Balaban J connectivity index is 2.47. The molecule has 2 amide bonds. The average Bonchev–Trinajstić information content (AvgIpc) is 2.78. The van der Waals surface area contributed by atoms with Gasteiger partial charge < -0.3 is 19.3 Å². The summed E-state index contributed by atoms with van der Waals surface area (Å²) in [6, 6.07) is 11.2. The minimum absolute atomic E-state index is 0.00858. The lowest BCUT2D eigenvalue weighted by Gasteiger charge is -2.29. The van der Waals surface area contributed by atoms with Gasteiger partial charge >= 0.3 is 10.1 Å². The molecule has 0 aliphatic rings. The largest absolute Gasteiger partial charge is 0.379 e. The molecule has 8 nitrogen and oxygen atoms in total. The molecule has 2 aromatic rings. The number of rotatable bonds is 11. The summed E-state index contributed by atoms with van der Waals surface area (Å²) >= 11 is 0. The van der Waals surface area contributed by atoms with Crippen LogP contribution in [0.4, 0.5) is 11.4 Å². The second kappa shape index (κ2) is 11.9. The van der Waals surface area contributed by atoms with Crippen molar-refractivity contribution in [3.8, 4) is 5.75 Å². The van der Waals surface area contributed by atoms with E-state index in [1.54, 1.807) is 11.0 Å². The van der Waals surface area contributed by atoms with Crippen molar-refractivity contribution in [2.75, 3.05) is 23.3 Å². The molecule has 0 spiro atoms. The molecule has 0 saturated heterocycles. The monoisotopic (exact) mass is 489 g/mol. The number of hydrogen-bond acceptors (Lipinski definition) is 6. The molecule has 186 valence electrons. The van der Waals surface area contributed by atoms with Gasteiger partial charge in [-0.15, -0.1) is 0 Å². The third-order valence-electron chi connectivity index (χ3n) is 5.71. The van der Waals surface area contributed by atoms with Gasteiger partial charge in [-0.2, -0.15) is 8.42 Å². The van der Waals surface area contributed by atoms with E-state index in [2.05, 4.69) is 10.2 Å². The van der Waals surface area contributed by atoms with Crippen LogP contribution in [0.25, 0.3) is 0 Å². The van der Waals surface area contributed by atoms with Crippen LogP contribution in [0.5, 0.6) is 5.75 Å². The van der Waals surface area contributed by atoms with E-state index in [4.69, 9.17) is 4.18 Å². The van der Waals surface area contributed by atoms with Crippen molar-refractivity contribution in [3.63, 3.8) is 0 Å². The van der Waals surface area contributed by atoms with Crippen molar-refractivity contribution >= 4 is 33.3 Å². The van der Waals surface area contributed by atoms with Crippen LogP contribution in [0.1, 0.15) is 53.5 Å². The predicted octanol–water partition coefficient (Wildman–Crippen LogP) is 4.41. The fraction of sp³-hybridized carbons (Fsp3) is 0.440. The summed E-state index contributed by atoms with van der Waals surface area (Å²) in [4.78, 5) is 27.3. The highest BCUT2D eigenvalue weighted by Crippen LogP contribution is 2.30. The van der Waals surface area contributed by atoms with Gasteiger partial charge in [0.2, 0.25) is 11.8 Å². The highest BCUT2D eigenvalue weighted by molar-refractivity contribution is 7.87. The number of anilines is 2. The van der Waals surface area contributed by atoms with Crippen LogP contribution in [0.15, 0.2) is 47.4 Å². The first-order chi connectivity index (χ1) is 16.0. The summed E-state index contributed by atoms with van der Waals surface area (Å²) in [5.41, 5.74) is 1.92. The van der Waals surface area contributed by atoms with E-state index < -0.39 is 10.1 Å². The van der Waals surface area contributed by atoms with Gasteiger partial charge in [-0.05, 0) is 57.5 Å². The SMILES string of the molecule is CCC(C)N(Cc1ccc(N(CC)CC)cc1OS(=O)(=O)c1ccc(NC(C)=O)cc1)C(C)=O. The Labute approximate surface area is 203 Å². The summed E-state index contributed by atoms with van der Waals surface area (Å²) in [6.45, 7) is 12.6. The van der Waals surface area contributed by atoms with Crippen LogP contribution >= 0.6 is 0 Å². The number of amides is 2. The molecule has 1 atom stereocenters. The molecule has 0 bridgehead atoms. The fourth-order valence-corrected chi connectivity index (χ4v) is 4.55. The average molecular weight is 490 g/mol. The number of benzene rings is 2. The first-order valence-electron chi connectivity index (χ1n) is 11.5. The van der Waals surface area contributed by atoms with Crippen LogP contribution in [-0.2, 0) is 26.3 Å². The summed E-state index contributed by atoms with van der Waals surface area (Å²) in [6.07, 6.45) is 0.770. The lowest BCUT2D eigenvalue weighted by Crippen LogP contribution is -2.36. The Morgan fingerprint density at radius 3 is 2.12 bits per heavy atom. The molecular weight excluding hydrogens is 454 g/mol. The van der Waals surface area contributed by atoms with Crippen LogP contribution in [0.3, 0.4) is 0 Å². The van der Waals surface area contributed by atoms with E-state index in [0.29, 0.717) is 11.3 Å². The van der Waals surface area contributed by atoms with Gasteiger partial charge in [-0.1, -0.05) is 13.0 Å². The molecule has 0 aliphatic heterocycles. The third-order valence-corrected chi connectivity index (χ3v) is 6.96. The van der Waals surface area contributed by atoms with Crippen LogP contribution in [0, 0.1) is 0 Å². The Morgan fingerprint density at radius 1 is 1.00 bits per heavy atom. The van der Waals surface area contributed by atoms with E-state index in [1.807, 2.05) is 39.8 Å². The van der Waals surface area contributed by atoms with Gasteiger partial charge in [0.1, 0.15) is 10.6 Å². The molecule has 0 radical (unpaired) electrons. The lowest BCUT2D eigenvalue weighted by atomic mass is 10.1. The van der Waals surface area contributed by atoms with E-state index in [1.165, 1.54) is 38.1 Å². The van der Waals surface area contributed by atoms with E-state index in [0.717, 1.165) is 25.2 Å². The van der Waals surface area contributed by atoms with Gasteiger partial charge in [0.05, 0.1) is 0 Å². The minimum Gasteiger partial charge on any atom is -0.379 e. The molecule has 9 heteroatoms. The highest BCUT2D eigenvalue weighted by atomic mass is 32.2. The smallest absolute Gasteiger partial charge is 0.339 e. The molecule has 1 unspecified atom stereocenters. The number of nitrogens with zero attached hydrogens (tertiary/aromatic N) is 2. The van der Waals surface area contributed by atoms with Crippen molar-refractivity contribution < 1.29 is 22.2 Å². The Kier molecular flexibility index (Phi) is 9.49. The summed E-state index contributed by atoms with van der Waals surface area (Å²) in [7, 11) is -4.15. The Morgan fingerprint density at radius 2 is 1.62 bits per heavy atom. The molecule has 2 rings (SSSR count). The first-order valence-corrected chi connectivity index (χ1v) is 12.9. The highest BCUT2D eigenvalue weighted by Gasteiger charge is 2.23. The molecule has 0 aromatic heterocycles. The molecule has 0 aliphatic carbocycles. The van der Waals surface area contributed by atoms with Crippen molar-refractivity contribution in [1.29, 1.82) is 0 Å². The van der Waals surface area contributed by atoms with Crippen LogP contribution < -0.4 is 14.4 Å². The van der Waals surface area contributed by atoms with Gasteiger partial charge in [0.25, 0.3) is 0 Å². The second-order valence-corrected chi connectivity index (χ2v) is 9.66. The zero-order chi connectivity index (χ0) is 25.5. The quantitative estimate of drug-likeness (QED) is 0.470. The van der Waals surface area contributed by atoms with E-state index in [9.17, 15) is 18.0 Å². The standard InChI is InChI=1S/C25H35N3O5S/c1-7-18(4)28(20(6)30)17-21-10-13-23(27(8-2)9-3)16-25(21)33-34(31,32)24-14-11-22(12-15-24)26-19(5)29/h10-16,18H,7-9,17H2,1-6H3,(H,26,29). The van der Waals surface area contributed by atoms with Crippen molar-refractivity contribution in [2.24, 2.45) is 0 Å². The van der Waals surface area contributed by atoms with Gasteiger partial charge in [-0.3, -0.25) is 9.59 Å². The molecule has 2 aromatic carbocycles. The van der Waals surface area contributed by atoms with E-state index >= 15 is 0 Å². The van der Waals surface area contributed by atoms with Crippen LogP contribution in [-0.4, -0.2) is 44.3 Å². The third kappa shape index (κ3) is 6.96. The maximum Gasteiger partial charge on any atom is 0.339 e. The number of hydrogen-bond donors (Lipinski definition) is 1. The molecule has 34 heavy (non-hydrogen) atoms. The van der Waals surface area contributed by atoms with Crippen molar-refractivity contribution in [3.05, 3.63) is 48.0 Å². The molecular formula is C25H35N3O5S. The number of carbonyl (C=O) groups excluding carboxylic acids is 2. The lowest BCUT2D eigenvalue weighted by molar-refractivity contribution is -0.131. The minimum atomic E-state index is -4.15. The van der Waals surface area contributed by atoms with Crippen molar-refractivity contribution in [1.82, 2.24) is 4.90 Å². The maximum absolute atomic E-state index is 13.1. The number of nitrogens with one attached hydrogen (secondary N) is 1. The summed E-state index contributed by atoms with van der Waals surface area (Å²) in [5.74, 6) is -0.157. The van der Waals surface area contributed by atoms with Gasteiger partial charge in [-0.25, -0.2) is 0 Å². The Hall–Kier alpha value is -3.07. The fourth-order valence-electron chi connectivity index (χ4n) is 3.59. The number of carbonyl (C=O) groups is 2. The van der Waals surface area contributed by atoms with Gasteiger partial charge in [0.15, 0.2) is 0 Å². The maximum atomic E-state index is 13.1. The summed E-state index contributed by atoms with van der Waals surface area (Å²) in [5, 5.41) is 2.61. The molecule has 0 fully saturated rings. The topological polar surface area (TPSA) is 96.0 Å². The van der Waals surface area contributed by atoms with Crippen LogP contribution in [0.2, 0.25) is 0 Å². The predicted molar refractivity (Wildman–Crippen MR) is 135 cm³/mol. The Bertz CT molecular complexity index is 1100. The first kappa shape index (κ1) is 27.2. The molecule has 1 N–H and O–H groups in total. The second-order valence-electron chi connectivity index (χ2n) is 8.11. The zero-order valence-corrected chi connectivity index (χ0v) is 21.6. The van der Waals surface area contributed by atoms with Gasteiger partial charge in [0, 0.05) is 62.5 Å². The van der Waals surface area contributed by atoms with Crippen molar-refractivity contribution in [2.45, 2.75) is 65.4 Å². The normalized spacial score (nSPS) is 12.1. The van der Waals surface area contributed by atoms with E-state index in [-0.39, 0.29) is 35.0 Å². The zero-order valence-electron chi connectivity index (χ0n) is 20.8.